The average molecular weight is 345 g/mol. The van der Waals surface area contributed by atoms with E-state index in [4.69, 9.17) is 0 Å². The maximum absolute atomic E-state index is 12.8. The Morgan fingerprint density at radius 3 is 2.52 bits per heavy atom. The summed E-state index contributed by atoms with van der Waals surface area (Å²) >= 11 is 1.45. The fraction of sp³-hybridized carbons (Fsp3) is 0.0500. The Kier molecular flexibility index (Phi) is 4.07. The van der Waals surface area contributed by atoms with E-state index in [0.717, 1.165) is 22.3 Å². The Morgan fingerprint density at radius 1 is 0.960 bits per heavy atom. The number of thioether (sulfide) groups is 1. The first-order valence-corrected chi connectivity index (χ1v) is 9.08. The third kappa shape index (κ3) is 2.94. The van der Waals surface area contributed by atoms with E-state index < -0.39 is 0 Å². The van der Waals surface area contributed by atoms with Crippen molar-refractivity contribution < 1.29 is 4.79 Å². The minimum Gasteiger partial charge on any atom is -0.266 e. The first-order chi connectivity index (χ1) is 12.3. The first kappa shape index (κ1) is 15.6. The van der Waals surface area contributed by atoms with Crippen molar-refractivity contribution in [3.8, 4) is 0 Å². The monoisotopic (exact) mass is 345 g/mol. The zero-order chi connectivity index (χ0) is 17.2. The first-order valence-electron chi connectivity index (χ1n) is 7.86. The number of aromatic nitrogens is 1. The quantitative estimate of drug-likeness (QED) is 0.649. The summed E-state index contributed by atoms with van der Waals surface area (Å²) in [6.07, 6.45) is 3.66. The van der Waals surface area contributed by atoms with Crippen molar-refractivity contribution >= 4 is 45.5 Å². The van der Waals surface area contributed by atoms with E-state index in [0.29, 0.717) is 10.9 Å². The molecule has 25 heavy (non-hydrogen) atoms. The van der Waals surface area contributed by atoms with Crippen LogP contribution in [0.2, 0.25) is 0 Å². The van der Waals surface area contributed by atoms with Gasteiger partial charge in [0.1, 0.15) is 5.70 Å². The molecule has 0 N–H and O–H groups in total. The van der Waals surface area contributed by atoms with Crippen LogP contribution < -0.4 is 4.90 Å². The predicted octanol–water partition coefficient (Wildman–Crippen LogP) is 4.34. The van der Waals surface area contributed by atoms with Crippen LogP contribution in [-0.4, -0.2) is 22.3 Å². The van der Waals surface area contributed by atoms with Gasteiger partial charge in [0.05, 0.1) is 16.9 Å². The van der Waals surface area contributed by atoms with Gasteiger partial charge in [-0.2, -0.15) is 0 Å². The molecule has 0 spiro atoms. The van der Waals surface area contributed by atoms with Gasteiger partial charge < -0.3 is 0 Å². The molecule has 122 valence electrons. The molecule has 0 saturated heterocycles. The molecule has 0 saturated carbocycles. The number of hydrogen-bond donors (Lipinski definition) is 0. The molecule has 5 heteroatoms. The molecule has 0 radical (unpaired) electrons. The molecule has 4 nitrogen and oxygen atoms in total. The SMILES string of the molecule is CSC1=N/C(=C\c2ccc3ccccc3n2)C(=O)N1c1ccccc1. The summed E-state index contributed by atoms with van der Waals surface area (Å²) in [5.74, 6) is -0.134. The molecule has 4 rings (SSSR count). The van der Waals surface area contributed by atoms with Gasteiger partial charge >= 0.3 is 0 Å². The van der Waals surface area contributed by atoms with Crippen LogP contribution in [0.4, 0.5) is 5.69 Å². The molecule has 0 fully saturated rings. The second-order valence-corrected chi connectivity index (χ2v) is 6.31. The molecule has 1 amide bonds. The van der Waals surface area contributed by atoms with Gasteiger partial charge in [-0.15, -0.1) is 0 Å². The van der Waals surface area contributed by atoms with Gasteiger partial charge in [0.2, 0.25) is 0 Å². The van der Waals surface area contributed by atoms with Crippen molar-refractivity contribution in [3.05, 3.63) is 78.1 Å². The molecule has 2 heterocycles. The van der Waals surface area contributed by atoms with E-state index in [-0.39, 0.29) is 5.91 Å². The predicted molar refractivity (Wildman–Crippen MR) is 105 cm³/mol. The zero-order valence-electron chi connectivity index (χ0n) is 13.6. The highest BCUT2D eigenvalue weighted by molar-refractivity contribution is 8.13. The zero-order valence-corrected chi connectivity index (χ0v) is 14.4. The number of pyridine rings is 1. The molecule has 0 bridgehead atoms. The highest BCUT2D eigenvalue weighted by atomic mass is 32.2. The number of amidine groups is 1. The van der Waals surface area contributed by atoms with Crippen LogP contribution in [0.25, 0.3) is 17.0 Å². The highest BCUT2D eigenvalue weighted by Crippen LogP contribution is 2.28. The van der Waals surface area contributed by atoms with E-state index in [1.54, 1.807) is 11.0 Å². The second-order valence-electron chi connectivity index (χ2n) is 5.53. The Morgan fingerprint density at radius 2 is 1.72 bits per heavy atom. The van der Waals surface area contributed by atoms with Crippen LogP contribution in [0.1, 0.15) is 5.69 Å². The van der Waals surface area contributed by atoms with Crippen LogP contribution in [0.3, 0.4) is 0 Å². The maximum Gasteiger partial charge on any atom is 0.283 e. The molecule has 1 aliphatic heterocycles. The summed E-state index contributed by atoms with van der Waals surface area (Å²) in [7, 11) is 0. The van der Waals surface area contributed by atoms with Crippen molar-refractivity contribution in [3.63, 3.8) is 0 Å². The molecule has 3 aromatic rings. The number of nitrogens with zero attached hydrogens (tertiary/aromatic N) is 3. The fourth-order valence-corrected chi connectivity index (χ4v) is 3.30. The van der Waals surface area contributed by atoms with Crippen LogP contribution >= 0.6 is 11.8 Å². The third-order valence-electron chi connectivity index (χ3n) is 3.93. The lowest BCUT2D eigenvalue weighted by atomic mass is 10.2. The van der Waals surface area contributed by atoms with Gasteiger partial charge in [-0.25, -0.2) is 9.98 Å². The van der Waals surface area contributed by atoms with Crippen molar-refractivity contribution in [1.82, 2.24) is 4.98 Å². The number of benzene rings is 2. The maximum atomic E-state index is 12.8. The topological polar surface area (TPSA) is 45.6 Å². The number of hydrogen-bond acceptors (Lipinski definition) is 4. The standard InChI is InChI=1S/C20H15N3OS/c1-25-20-22-18(19(24)23(20)16-8-3-2-4-9-16)13-15-12-11-14-7-5-6-10-17(14)21-15/h2-13H,1H3/b18-13-. The number of anilines is 1. The van der Waals surface area contributed by atoms with Gasteiger partial charge in [0.15, 0.2) is 5.17 Å². The average Bonchev–Trinajstić information content (AvgIpc) is 2.98. The summed E-state index contributed by atoms with van der Waals surface area (Å²) in [4.78, 5) is 23.6. The molecular weight excluding hydrogens is 330 g/mol. The van der Waals surface area contributed by atoms with Crippen LogP contribution in [-0.2, 0) is 4.79 Å². The smallest absolute Gasteiger partial charge is 0.266 e. The lowest BCUT2D eigenvalue weighted by Crippen LogP contribution is -2.29. The summed E-state index contributed by atoms with van der Waals surface area (Å²) in [5.41, 5.74) is 2.84. The minimum absolute atomic E-state index is 0.134. The minimum atomic E-state index is -0.134. The number of amides is 1. The van der Waals surface area contributed by atoms with E-state index in [1.807, 2.05) is 73.0 Å². The van der Waals surface area contributed by atoms with Crippen LogP contribution in [0, 0.1) is 0 Å². The molecule has 0 aliphatic carbocycles. The number of aliphatic imine (C=N–C) groups is 1. The normalized spacial score (nSPS) is 15.9. The number of rotatable bonds is 2. The van der Waals surface area contributed by atoms with E-state index in [1.165, 1.54) is 11.8 Å². The van der Waals surface area contributed by atoms with Gasteiger partial charge in [-0.3, -0.25) is 9.69 Å². The van der Waals surface area contributed by atoms with Gasteiger partial charge in [0.25, 0.3) is 5.91 Å². The summed E-state index contributed by atoms with van der Waals surface area (Å²) in [5, 5.41) is 1.74. The Labute approximate surface area is 149 Å². The number of fused-ring (bicyclic) bond motifs is 1. The van der Waals surface area contributed by atoms with Crippen LogP contribution in [0.5, 0.6) is 0 Å². The summed E-state index contributed by atoms with van der Waals surface area (Å²) in [6, 6.07) is 21.4. The van der Waals surface area contributed by atoms with Crippen molar-refractivity contribution in [2.45, 2.75) is 0 Å². The Balaban J connectivity index is 1.73. The van der Waals surface area contributed by atoms with E-state index in [2.05, 4.69) is 9.98 Å². The molecule has 2 aromatic carbocycles. The number of carbonyl (C=O) groups excluding carboxylic acids is 1. The Bertz CT molecular complexity index is 1010. The van der Waals surface area contributed by atoms with Crippen molar-refractivity contribution in [1.29, 1.82) is 0 Å². The van der Waals surface area contributed by atoms with E-state index >= 15 is 0 Å². The molecule has 1 aliphatic rings. The lowest BCUT2D eigenvalue weighted by Gasteiger charge is -2.16. The number of carbonyl (C=O) groups is 1. The number of para-hydroxylation sites is 2. The van der Waals surface area contributed by atoms with Gasteiger partial charge in [-0.05, 0) is 36.6 Å². The summed E-state index contributed by atoms with van der Waals surface area (Å²) in [6.45, 7) is 0. The van der Waals surface area contributed by atoms with Crippen molar-refractivity contribution in [2.75, 3.05) is 11.2 Å². The third-order valence-corrected chi connectivity index (χ3v) is 4.57. The van der Waals surface area contributed by atoms with Gasteiger partial charge in [0, 0.05) is 5.39 Å². The summed E-state index contributed by atoms with van der Waals surface area (Å²) < 4.78 is 0. The molecular formula is C20H15N3OS. The van der Waals surface area contributed by atoms with Crippen molar-refractivity contribution in [2.24, 2.45) is 4.99 Å². The largest absolute Gasteiger partial charge is 0.283 e. The lowest BCUT2D eigenvalue weighted by molar-refractivity contribution is -0.113. The van der Waals surface area contributed by atoms with Crippen LogP contribution in [0.15, 0.2) is 77.4 Å². The second kappa shape index (κ2) is 6.53. The highest BCUT2D eigenvalue weighted by Gasteiger charge is 2.31. The van der Waals surface area contributed by atoms with Gasteiger partial charge in [-0.1, -0.05) is 54.2 Å². The van der Waals surface area contributed by atoms with E-state index in [9.17, 15) is 4.79 Å². The molecule has 0 unspecified atom stereocenters. The Hall–Kier alpha value is -2.92. The fourth-order valence-electron chi connectivity index (χ4n) is 2.74. The molecule has 1 aromatic heterocycles. The molecule has 0 atom stereocenters.